The molecule has 4 rings (SSSR count). The van der Waals surface area contributed by atoms with Crippen LogP contribution in [0.15, 0.2) is 48.0 Å². The maximum Gasteiger partial charge on any atom is 0.295 e. The molecule has 2 aliphatic rings. The van der Waals surface area contributed by atoms with E-state index in [-0.39, 0.29) is 29.5 Å². The molecule has 0 radical (unpaired) electrons. The summed E-state index contributed by atoms with van der Waals surface area (Å²) < 4.78 is 25.5. The number of fused-ring (bicyclic) bond motifs is 1. The number of benzene rings is 2. The van der Waals surface area contributed by atoms with Crippen LogP contribution in [-0.4, -0.2) is 48.1 Å². The molecule has 7 heteroatoms. The van der Waals surface area contributed by atoms with Crippen molar-refractivity contribution in [3.63, 3.8) is 0 Å². The molecule has 162 valence electrons. The highest BCUT2D eigenvalue weighted by Gasteiger charge is 2.46. The fourth-order valence-electron chi connectivity index (χ4n) is 4.23. The van der Waals surface area contributed by atoms with Crippen LogP contribution in [0.1, 0.15) is 36.1 Å². The molecule has 0 unspecified atom stereocenters. The molecular formula is C24H24FNO5. The van der Waals surface area contributed by atoms with Crippen molar-refractivity contribution in [2.24, 2.45) is 0 Å². The van der Waals surface area contributed by atoms with E-state index < -0.39 is 23.5 Å². The summed E-state index contributed by atoms with van der Waals surface area (Å²) in [6, 6.07) is 10.1. The maximum atomic E-state index is 14.7. The van der Waals surface area contributed by atoms with Crippen LogP contribution < -0.4 is 4.74 Å². The number of aliphatic hydroxyl groups excluding tert-OH is 1. The number of hydrogen-bond donors (Lipinski definition) is 1. The molecule has 0 aliphatic carbocycles. The lowest BCUT2D eigenvalue weighted by Gasteiger charge is -2.25. The van der Waals surface area contributed by atoms with E-state index >= 15 is 0 Å². The molecule has 0 spiro atoms. The summed E-state index contributed by atoms with van der Waals surface area (Å²) >= 11 is 0. The van der Waals surface area contributed by atoms with Crippen molar-refractivity contribution < 1.29 is 28.6 Å². The molecule has 1 N–H and O–H groups in total. The van der Waals surface area contributed by atoms with E-state index in [0.717, 1.165) is 11.3 Å². The van der Waals surface area contributed by atoms with E-state index in [0.29, 0.717) is 25.0 Å². The van der Waals surface area contributed by atoms with Crippen molar-refractivity contribution in [1.82, 2.24) is 4.90 Å². The second kappa shape index (κ2) is 8.51. The van der Waals surface area contributed by atoms with Gasteiger partial charge in [0, 0.05) is 37.8 Å². The Morgan fingerprint density at radius 3 is 2.77 bits per heavy atom. The van der Waals surface area contributed by atoms with Crippen LogP contribution in [0, 0.1) is 5.82 Å². The normalized spacial score (nSPS) is 22.0. The largest absolute Gasteiger partial charge is 0.507 e. The monoisotopic (exact) mass is 425 g/mol. The van der Waals surface area contributed by atoms with Crippen LogP contribution in [-0.2, 0) is 20.7 Å². The van der Waals surface area contributed by atoms with Gasteiger partial charge in [-0.2, -0.15) is 0 Å². The fourth-order valence-corrected chi connectivity index (χ4v) is 4.23. The first-order valence-corrected chi connectivity index (χ1v) is 10.2. The molecular weight excluding hydrogens is 401 g/mol. The molecule has 2 heterocycles. The van der Waals surface area contributed by atoms with E-state index in [1.165, 1.54) is 23.1 Å². The predicted octanol–water partition coefficient (Wildman–Crippen LogP) is 3.61. The summed E-state index contributed by atoms with van der Waals surface area (Å²) in [7, 11) is 1.54. The van der Waals surface area contributed by atoms with Gasteiger partial charge in [0.05, 0.1) is 11.6 Å². The van der Waals surface area contributed by atoms with Crippen LogP contribution in [0.2, 0.25) is 0 Å². The first-order chi connectivity index (χ1) is 14.9. The Hall–Kier alpha value is -3.19. The highest BCUT2D eigenvalue weighted by Crippen LogP contribution is 2.41. The minimum atomic E-state index is -1.01. The number of halogens is 1. The Kier molecular flexibility index (Phi) is 5.78. The number of ketones is 1. The number of carbonyl (C=O) groups is 2. The van der Waals surface area contributed by atoms with E-state index in [4.69, 9.17) is 9.47 Å². The van der Waals surface area contributed by atoms with Crippen LogP contribution >= 0.6 is 0 Å². The molecule has 1 fully saturated rings. The maximum absolute atomic E-state index is 14.7. The SMILES string of the molecule is COCCCN1C(=O)C(=O)/C(=C(/O)c2ccc3c(c2)C[C@H](C)O3)[C@@H]1c1ccccc1F. The minimum absolute atomic E-state index is 0.0252. The van der Waals surface area contributed by atoms with Crippen LogP contribution in [0.5, 0.6) is 5.75 Å². The van der Waals surface area contributed by atoms with Crippen LogP contribution in [0.25, 0.3) is 5.76 Å². The number of Topliss-reactive ketones (excluding diaryl/α,β-unsaturated/α-hetero) is 1. The van der Waals surface area contributed by atoms with Gasteiger partial charge in [0.15, 0.2) is 0 Å². The second-order valence-electron chi connectivity index (χ2n) is 7.82. The zero-order chi connectivity index (χ0) is 22.1. The van der Waals surface area contributed by atoms with Gasteiger partial charge in [-0.05, 0) is 43.2 Å². The third kappa shape index (κ3) is 3.81. The topological polar surface area (TPSA) is 76.1 Å². The van der Waals surface area contributed by atoms with Crippen molar-refractivity contribution in [2.75, 3.05) is 20.3 Å². The summed E-state index contributed by atoms with van der Waals surface area (Å²) in [5.41, 5.74) is 1.36. The summed E-state index contributed by atoms with van der Waals surface area (Å²) in [5.74, 6) is -1.72. The van der Waals surface area contributed by atoms with Gasteiger partial charge in [-0.3, -0.25) is 9.59 Å². The number of amides is 1. The number of aliphatic hydroxyl groups is 1. The number of carbonyl (C=O) groups excluding carboxylic acids is 2. The van der Waals surface area contributed by atoms with E-state index in [2.05, 4.69) is 0 Å². The van der Waals surface area contributed by atoms with Gasteiger partial charge >= 0.3 is 0 Å². The number of ether oxygens (including phenoxy) is 2. The smallest absolute Gasteiger partial charge is 0.295 e. The summed E-state index contributed by atoms with van der Waals surface area (Å²) in [5, 5.41) is 11.1. The van der Waals surface area contributed by atoms with Gasteiger partial charge in [-0.1, -0.05) is 18.2 Å². The Labute approximate surface area is 179 Å². The molecule has 6 nitrogen and oxygen atoms in total. The fraction of sp³-hybridized carbons (Fsp3) is 0.333. The summed E-state index contributed by atoms with van der Waals surface area (Å²) in [4.78, 5) is 27.1. The first-order valence-electron chi connectivity index (χ1n) is 10.2. The van der Waals surface area contributed by atoms with Crippen molar-refractivity contribution in [3.05, 3.63) is 70.5 Å². The zero-order valence-corrected chi connectivity index (χ0v) is 17.4. The Balaban J connectivity index is 1.82. The highest BCUT2D eigenvalue weighted by molar-refractivity contribution is 6.46. The third-order valence-corrected chi connectivity index (χ3v) is 5.66. The summed E-state index contributed by atoms with van der Waals surface area (Å²) in [6.07, 6.45) is 1.18. The van der Waals surface area contributed by atoms with Gasteiger partial charge in [0.25, 0.3) is 11.7 Å². The van der Waals surface area contributed by atoms with Crippen molar-refractivity contribution in [2.45, 2.75) is 31.9 Å². The van der Waals surface area contributed by atoms with E-state index in [1.807, 2.05) is 6.92 Å². The quantitative estimate of drug-likeness (QED) is 0.331. The second-order valence-corrected chi connectivity index (χ2v) is 7.82. The lowest BCUT2D eigenvalue weighted by molar-refractivity contribution is -0.140. The number of nitrogens with zero attached hydrogens (tertiary/aromatic N) is 1. The lowest BCUT2D eigenvalue weighted by atomic mass is 9.94. The number of hydrogen-bond acceptors (Lipinski definition) is 5. The average molecular weight is 425 g/mol. The van der Waals surface area contributed by atoms with Gasteiger partial charge in [0.1, 0.15) is 23.4 Å². The molecule has 31 heavy (non-hydrogen) atoms. The van der Waals surface area contributed by atoms with Gasteiger partial charge in [-0.15, -0.1) is 0 Å². The molecule has 0 bridgehead atoms. The predicted molar refractivity (Wildman–Crippen MR) is 112 cm³/mol. The Morgan fingerprint density at radius 2 is 2.03 bits per heavy atom. The van der Waals surface area contributed by atoms with E-state index in [1.54, 1.807) is 31.4 Å². The standard InChI is InChI=1S/C24H24FNO5/c1-14-12-16-13-15(8-9-19(16)31-14)22(27)20-21(17-6-3-4-7-18(17)25)26(10-5-11-30-2)24(29)23(20)28/h3-4,6-9,13-14,21,27H,5,10-12H2,1-2H3/b22-20+/t14-,21-/m0/s1. The Bertz CT molecular complexity index is 1060. The van der Waals surface area contributed by atoms with Crippen molar-refractivity contribution in [1.29, 1.82) is 0 Å². The van der Waals surface area contributed by atoms with Gasteiger partial charge in [-0.25, -0.2) is 4.39 Å². The molecule has 2 aromatic carbocycles. The van der Waals surface area contributed by atoms with Crippen LogP contribution in [0.4, 0.5) is 4.39 Å². The van der Waals surface area contributed by atoms with E-state index in [9.17, 15) is 19.1 Å². The third-order valence-electron chi connectivity index (χ3n) is 5.66. The van der Waals surface area contributed by atoms with Gasteiger partial charge < -0.3 is 19.5 Å². The van der Waals surface area contributed by atoms with Crippen LogP contribution in [0.3, 0.4) is 0 Å². The number of methoxy groups -OCH3 is 1. The zero-order valence-electron chi connectivity index (χ0n) is 17.4. The number of likely N-dealkylation sites (tertiary alicyclic amines) is 1. The molecule has 2 atom stereocenters. The molecule has 1 saturated heterocycles. The van der Waals surface area contributed by atoms with Gasteiger partial charge in [0.2, 0.25) is 0 Å². The minimum Gasteiger partial charge on any atom is -0.507 e. The molecule has 2 aromatic rings. The van der Waals surface area contributed by atoms with Crippen molar-refractivity contribution in [3.8, 4) is 5.75 Å². The molecule has 0 saturated carbocycles. The summed E-state index contributed by atoms with van der Waals surface area (Å²) in [6.45, 7) is 2.53. The van der Waals surface area contributed by atoms with Crippen molar-refractivity contribution >= 4 is 17.4 Å². The lowest BCUT2D eigenvalue weighted by Crippen LogP contribution is -2.31. The molecule has 0 aromatic heterocycles. The number of rotatable bonds is 6. The average Bonchev–Trinajstić information content (AvgIpc) is 3.24. The first kappa shape index (κ1) is 21.1. The molecule has 1 amide bonds. The molecule has 2 aliphatic heterocycles. The Morgan fingerprint density at radius 1 is 1.26 bits per heavy atom. The highest BCUT2D eigenvalue weighted by atomic mass is 19.1.